The van der Waals surface area contributed by atoms with Gasteiger partial charge in [-0.15, -0.1) is 0 Å². The van der Waals surface area contributed by atoms with E-state index in [1.54, 1.807) is 68.5 Å². The van der Waals surface area contributed by atoms with E-state index in [0.717, 1.165) is 0 Å². The molecule has 0 spiro atoms. The first-order valence-electron chi connectivity index (χ1n) is 11.9. The average Bonchev–Trinajstić information content (AvgIpc) is 3.08. The smallest absolute Gasteiger partial charge is 0.340 e. The third kappa shape index (κ3) is 6.33. The SMILES string of the molecule is CCOC(=O)C1=C(C)N(c2ccc(OCC)cc2)C(=O)C1=Cc1ccc(OCC(=O)NC(C)C)cc1. The number of amides is 2. The molecule has 1 aliphatic heterocycles. The number of benzene rings is 2. The van der Waals surface area contributed by atoms with Gasteiger partial charge in [-0.3, -0.25) is 14.5 Å². The molecule has 8 nitrogen and oxygen atoms in total. The van der Waals surface area contributed by atoms with E-state index in [-0.39, 0.29) is 42.2 Å². The normalized spacial score (nSPS) is 14.4. The second-order valence-electron chi connectivity index (χ2n) is 8.39. The molecule has 0 unspecified atom stereocenters. The molecule has 0 aliphatic carbocycles. The van der Waals surface area contributed by atoms with Crippen LogP contribution in [0.1, 0.15) is 40.2 Å². The predicted molar refractivity (Wildman–Crippen MR) is 138 cm³/mol. The van der Waals surface area contributed by atoms with Gasteiger partial charge in [0.15, 0.2) is 6.61 Å². The number of hydrogen-bond donors (Lipinski definition) is 1. The van der Waals surface area contributed by atoms with Crippen molar-refractivity contribution >= 4 is 29.5 Å². The number of rotatable bonds is 10. The molecule has 0 fully saturated rings. The van der Waals surface area contributed by atoms with Gasteiger partial charge in [-0.2, -0.15) is 0 Å². The molecule has 0 saturated heterocycles. The number of allylic oxidation sites excluding steroid dienone is 1. The largest absolute Gasteiger partial charge is 0.494 e. The fraction of sp³-hybridized carbons (Fsp3) is 0.321. The number of nitrogens with zero attached hydrogens (tertiary/aromatic N) is 1. The van der Waals surface area contributed by atoms with Crippen molar-refractivity contribution in [2.75, 3.05) is 24.7 Å². The number of nitrogens with one attached hydrogen (secondary N) is 1. The maximum absolute atomic E-state index is 13.5. The monoisotopic (exact) mass is 492 g/mol. The van der Waals surface area contributed by atoms with Crippen LogP contribution in [0.3, 0.4) is 0 Å². The molecule has 0 saturated carbocycles. The van der Waals surface area contributed by atoms with Crippen molar-refractivity contribution in [1.82, 2.24) is 5.32 Å². The third-order valence-electron chi connectivity index (χ3n) is 5.30. The van der Waals surface area contributed by atoms with E-state index in [9.17, 15) is 14.4 Å². The van der Waals surface area contributed by atoms with Crippen LogP contribution in [0, 0.1) is 0 Å². The van der Waals surface area contributed by atoms with Gasteiger partial charge >= 0.3 is 5.97 Å². The van der Waals surface area contributed by atoms with Crippen LogP contribution < -0.4 is 19.7 Å². The van der Waals surface area contributed by atoms with Gasteiger partial charge in [-0.1, -0.05) is 12.1 Å². The lowest BCUT2D eigenvalue weighted by atomic mass is 10.0. The van der Waals surface area contributed by atoms with Crippen LogP contribution in [0.4, 0.5) is 5.69 Å². The number of carbonyl (C=O) groups excluding carboxylic acids is 3. The summed E-state index contributed by atoms with van der Waals surface area (Å²) in [5.74, 6) is 0.119. The zero-order valence-corrected chi connectivity index (χ0v) is 21.3. The lowest BCUT2D eigenvalue weighted by Crippen LogP contribution is -2.34. The Bertz CT molecular complexity index is 1160. The lowest BCUT2D eigenvalue weighted by Gasteiger charge is -2.18. The van der Waals surface area contributed by atoms with Crippen molar-refractivity contribution in [2.45, 2.75) is 40.7 Å². The molecular formula is C28H32N2O6. The van der Waals surface area contributed by atoms with Crippen LogP contribution >= 0.6 is 0 Å². The number of anilines is 1. The standard InChI is InChI=1S/C28H32N2O6/c1-6-34-22-14-10-21(11-15-22)30-19(5)26(28(33)35-7-2)24(27(30)32)16-20-8-12-23(13-9-20)36-17-25(31)29-18(3)4/h8-16,18H,6-7,17H2,1-5H3,(H,29,31). The summed E-state index contributed by atoms with van der Waals surface area (Å²) in [6, 6.07) is 14.1. The summed E-state index contributed by atoms with van der Waals surface area (Å²) >= 11 is 0. The molecule has 2 amide bonds. The van der Waals surface area contributed by atoms with Crippen LogP contribution in [0.5, 0.6) is 11.5 Å². The maximum Gasteiger partial charge on any atom is 0.340 e. The van der Waals surface area contributed by atoms with Crippen LogP contribution in [0.25, 0.3) is 6.08 Å². The molecule has 0 radical (unpaired) electrons. The number of ether oxygens (including phenoxy) is 3. The summed E-state index contributed by atoms with van der Waals surface area (Å²) in [7, 11) is 0. The summed E-state index contributed by atoms with van der Waals surface area (Å²) in [6.07, 6.45) is 1.65. The van der Waals surface area contributed by atoms with E-state index in [2.05, 4.69) is 5.32 Å². The fourth-order valence-corrected chi connectivity index (χ4v) is 3.79. The van der Waals surface area contributed by atoms with Gasteiger partial charge in [-0.25, -0.2) is 4.79 Å². The highest BCUT2D eigenvalue weighted by atomic mass is 16.5. The van der Waals surface area contributed by atoms with Crippen LogP contribution in [0.2, 0.25) is 0 Å². The number of carbonyl (C=O) groups is 3. The van der Waals surface area contributed by atoms with E-state index in [1.165, 1.54) is 4.90 Å². The minimum atomic E-state index is -0.556. The van der Waals surface area contributed by atoms with E-state index in [0.29, 0.717) is 35.1 Å². The van der Waals surface area contributed by atoms with Gasteiger partial charge < -0.3 is 19.5 Å². The molecule has 0 aromatic heterocycles. The lowest BCUT2D eigenvalue weighted by molar-refractivity contribution is -0.138. The Hall–Kier alpha value is -4.07. The summed E-state index contributed by atoms with van der Waals surface area (Å²) < 4.78 is 16.3. The zero-order chi connectivity index (χ0) is 26.2. The second-order valence-corrected chi connectivity index (χ2v) is 8.39. The van der Waals surface area contributed by atoms with Crippen molar-refractivity contribution in [3.05, 3.63) is 70.9 Å². The Balaban J connectivity index is 1.87. The first-order chi connectivity index (χ1) is 17.2. The van der Waals surface area contributed by atoms with Crippen LogP contribution in [-0.2, 0) is 19.1 Å². The Kier molecular flexibility index (Phi) is 8.89. The molecule has 1 aliphatic rings. The Labute approximate surface area is 211 Å². The molecule has 0 bridgehead atoms. The summed E-state index contributed by atoms with van der Waals surface area (Å²) in [5.41, 5.74) is 2.27. The highest BCUT2D eigenvalue weighted by molar-refractivity contribution is 6.23. The molecular weight excluding hydrogens is 460 g/mol. The number of esters is 1. The summed E-state index contributed by atoms with van der Waals surface area (Å²) in [6.45, 7) is 9.73. The highest BCUT2D eigenvalue weighted by Crippen LogP contribution is 2.36. The topological polar surface area (TPSA) is 94.2 Å². The fourth-order valence-electron chi connectivity index (χ4n) is 3.79. The molecule has 3 rings (SSSR count). The summed E-state index contributed by atoms with van der Waals surface area (Å²) in [5, 5.41) is 2.76. The maximum atomic E-state index is 13.5. The highest BCUT2D eigenvalue weighted by Gasteiger charge is 2.38. The quantitative estimate of drug-likeness (QED) is 0.394. The zero-order valence-electron chi connectivity index (χ0n) is 21.3. The Morgan fingerprint density at radius 2 is 1.56 bits per heavy atom. The van der Waals surface area contributed by atoms with Gasteiger partial charge in [0.2, 0.25) is 0 Å². The minimum Gasteiger partial charge on any atom is -0.494 e. The van der Waals surface area contributed by atoms with Crippen molar-refractivity contribution in [3.8, 4) is 11.5 Å². The van der Waals surface area contributed by atoms with Gasteiger partial charge in [-0.05, 0) is 82.7 Å². The van der Waals surface area contributed by atoms with Crippen LogP contribution in [-0.4, -0.2) is 43.6 Å². The summed E-state index contributed by atoms with van der Waals surface area (Å²) in [4.78, 5) is 39.6. The van der Waals surface area contributed by atoms with Crippen molar-refractivity contribution < 1.29 is 28.6 Å². The first kappa shape index (κ1) is 26.5. The van der Waals surface area contributed by atoms with Gasteiger partial charge in [0, 0.05) is 17.4 Å². The third-order valence-corrected chi connectivity index (χ3v) is 5.30. The number of hydrogen-bond acceptors (Lipinski definition) is 6. The van der Waals surface area contributed by atoms with E-state index >= 15 is 0 Å². The molecule has 2 aromatic rings. The molecule has 0 atom stereocenters. The first-order valence-corrected chi connectivity index (χ1v) is 11.9. The van der Waals surface area contributed by atoms with Gasteiger partial charge in [0.25, 0.3) is 11.8 Å². The van der Waals surface area contributed by atoms with Gasteiger partial charge in [0.05, 0.1) is 24.4 Å². The Morgan fingerprint density at radius 3 is 2.14 bits per heavy atom. The average molecular weight is 493 g/mol. The molecule has 190 valence electrons. The second kappa shape index (κ2) is 12.1. The predicted octanol–water partition coefficient (Wildman–Crippen LogP) is 4.26. The molecule has 1 N–H and O–H groups in total. The minimum absolute atomic E-state index is 0.0336. The molecule has 8 heteroatoms. The van der Waals surface area contributed by atoms with E-state index < -0.39 is 5.97 Å². The van der Waals surface area contributed by atoms with Crippen molar-refractivity contribution in [1.29, 1.82) is 0 Å². The van der Waals surface area contributed by atoms with Crippen molar-refractivity contribution in [3.63, 3.8) is 0 Å². The molecule has 1 heterocycles. The van der Waals surface area contributed by atoms with Crippen molar-refractivity contribution in [2.24, 2.45) is 0 Å². The molecule has 2 aromatic carbocycles. The molecule has 36 heavy (non-hydrogen) atoms. The van der Waals surface area contributed by atoms with Crippen LogP contribution in [0.15, 0.2) is 65.4 Å². The van der Waals surface area contributed by atoms with E-state index in [4.69, 9.17) is 14.2 Å². The Morgan fingerprint density at radius 1 is 0.944 bits per heavy atom. The van der Waals surface area contributed by atoms with Gasteiger partial charge in [0.1, 0.15) is 11.5 Å². The van der Waals surface area contributed by atoms with E-state index in [1.807, 2.05) is 20.8 Å².